The van der Waals surface area contributed by atoms with Gasteiger partial charge in [-0.25, -0.2) is 9.59 Å². The number of benzene rings is 1. The Labute approximate surface area is 160 Å². The van der Waals surface area contributed by atoms with Crippen molar-refractivity contribution in [3.63, 3.8) is 0 Å². The quantitative estimate of drug-likeness (QED) is 0.586. The lowest BCUT2D eigenvalue weighted by Gasteiger charge is -2.27. The van der Waals surface area contributed by atoms with Crippen LogP contribution in [0.5, 0.6) is 0 Å². The predicted octanol–water partition coefficient (Wildman–Crippen LogP) is 2.55. The lowest BCUT2D eigenvalue weighted by molar-refractivity contribution is -0.147. The van der Waals surface area contributed by atoms with Gasteiger partial charge in [0.05, 0.1) is 12.6 Å². The van der Waals surface area contributed by atoms with Gasteiger partial charge >= 0.3 is 12.1 Å². The van der Waals surface area contributed by atoms with E-state index < -0.39 is 36.4 Å². The Morgan fingerprint density at radius 3 is 2.42 bits per heavy atom. The number of hydrogen-bond acceptors (Lipinski definition) is 6. The Kier molecular flexibility index (Phi) is 6.41. The number of aliphatic hydroxyl groups excluding tert-OH is 1. The molecule has 0 bridgehead atoms. The van der Waals surface area contributed by atoms with Crippen molar-refractivity contribution in [3.05, 3.63) is 34.3 Å². The van der Waals surface area contributed by atoms with Crippen LogP contribution in [0.25, 0.3) is 0 Å². The van der Waals surface area contributed by atoms with Gasteiger partial charge in [-0.3, -0.25) is 9.69 Å². The molecule has 8 heteroatoms. The van der Waals surface area contributed by atoms with Crippen molar-refractivity contribution in [3.8, 4) is 0 Å². The minimum absolute atomic E-state index is 0.0185. The van der Waals surface area contributed by atoms with E-state index in [2.05, 4.69) is 15.9 Å². The highest BCUT2D eigenvalue weighted by Crippen LogP contribution is 2.22. The molecule has 0 saturated carbocycles. The number of aliphatic hydroxyl groups is 1. The van der Waals surface area contributed by atoms with E-state index in [1.807, 2.05) is 0 Å². The summed E-state index contributed by atoms with van der Waals surface area (Å²) < 4.78 is 11.2. The second-order valence-corrected chi connectivity index (χ2v) is 7.99. The molecule has 2 atom stereocenters. The van der Waals surface area contributed by atoms with Crippen LogP contribution in [0.3, 0.4) is 0 Å². The minimum atomic E-state index is -0.974. The fraction of sp³-hybridized carbons (Fsp3) is 0.500. The first-order valence-electron chi connectivity index (χ1n) is 8.20. The van der Waals surface area contributed by atoms with Crippen LogP contribution in [0, 0.1) is 0 Å². The third kappa shape index (κ3) is 5.54. The molecule has 0 aliphatic carbocycles. The van der Waals surface area contributed by atoms with Crippen molar-refractivity contribution in [2.45, 2.75) is 44.9 Å². The highest BCUT2D eigenvalue weighted by Gasteiger charge is 2.42. The summed E-state index contributed by atoms with van der Waals surface area (Å²) in [5, 5.41) is 9.82. The van der Waals surface area contributed by atoms with Gasteiger partial charge in [0.15, 0.2) is 12.4 Å². The molecule has 1 aromatic rings. The van der Waals surface area contributed by atoms with Crippen molar-refractivity contribution >= 4 is 33.8 Å². The topological polar surface area (TPSA) is 93.1 Å². The fourth-order valence-electron chi connectivity index (χ4n) is 2.51. The summed E-state index contributed by atoms with van der Waals surface area (Å²) in [6.45, 7) is 4.68. The Bertz CT molecular complexity index is 682. The number of nitrogens with zero attached hydrogens (tertiary/aromatic N) is 1. The zero-order valence-corrected chi connectivity index (χ0v) is 16.5. The predicted molar refractivity (Wildman–Crippen MR) is 96.8 cm³/mol. The first kappa shape index (κ1) is 20.4. The van der Waals surface area contributed by atoms with Gasteiger partial charge in [-0.2, -0.15) is 0 Å². The number of β-amino-alcohol motifs (C(OH)–C–C–N with tert-alkyl or cyclic N) is 1. The standard InChI is InChI=1S/C18H22BrNO6/c1-18(2,3)26-17(24)20-9-13(21)8-14(20)16(23)25-10-15(22)11-4-6-12(19)7-5-11/h4-7,13-14,21H,8-10H2,1-3H3/t13-,14-/m0/s1. The first-order valence-corrected chi connectivity index (χ1v) is 8.99. The van der Waals surface area contributed by atoms with Crippen LogP contribution in [0.4, 0.5) is 4.79 Å². The summed E-state index contributed by atoms with van der Waals surface area (Å²) in [5.41, 5.74) is -0.312. The zero-order valence-electron chi connectivity index (χ0n) is 14.9. The van der Waals surface area contributed by atoms with Crippen LogP contribution < -0.4 is 0 Å². The van der Waals surface area contributed by atoms with E-state index in [9.17, 15) is 19.5 Å². The highest BCUT2D eigenvalue weighted by atomic mass is 79.9. The summed E-state index contributed by atoms with van der Waals surface area (Å²) in [4.78, 5) is 37.8. The lowest BCUT2D eigenvalue weighted by Crippen LogP contribution is -2.44. The van der Waals surface area contributed by atoms with E-state index in [0.717, 1.165) is 9.37 Å². The molecule has 7 nitrogen and oxygen atoms in total. The van der Waals surface area contributed by atoms with Crippen LogP contribution in [0.1, 0.15) is 37.6 Å². The van der Waals surface area contributed by atoms with Gasteiger partial charge in [0.2, 0.25) is 0 Å². The molecule has 1 amide bonds. The molecular weight excluding hydrogens is 406 g/mol. The third-order valence-electron chi connectivity index (χ3n) is 3.69. The number of likely N-dealkylation sites (tertiary alicyclic amines) is 1. The molecule has 2 rings (SSSR count). The van der Waals surface area contributed by atoms with Gasteiger partial charge in [-0.05, 0) is 32.9 Å². The maximum atomic E-state index is 12.3. The van der Waals surface area contributed by atoms with Crippen molar-refractivity contribution in [1.29, 1.82) is 0 Å². The second kappa shape index (κ2) is 8.18. The Morgan fingerprint density at radius 2 is 1.85 bits per heavy atom. The highest BCUT2D eigenvalue weighted by molar-refractivity contribution is 9.10. The van der Waals surface area contributed by atoms with Gasteiger partial charge in [0.1, 0.15) is 11.6 Å². The van der Waals surface area contributed by atoms with E-state index in [4.69, 9.17) is 9.47 Å². The van der Waals surface area contributed by atoms with E-state index in [1.165, 1.54) is 0 Å². The maximum Gasteiger partial charge on any atom is 0.411 e. The van der Waals surface area contributed by atoms with E-state index in [0.29, 0.717) is 5.56 Å². The van der Waals surface area contributed by atoms with Gasteiger partial charge in [-0.15, -0.1) is 0 Å². The molecular formula is C18H22BrNO6. The SMILES string of the molecule is CC(C)(C)OC(=O)N1C[C@@H](O)C[C@H]1C(=O)OCC(=O)c1ccc(Br)cc1. The van der Waals surface area contributed by atoms with Crippen LogP contribution >= 0.6 is 15.9 Å². The van der Waals surface area contributed by atoms with Crippen LogP contribution in [0.2, 0.25) is 0 Å². The monoisotopic (exact) mass is 427 g/mol. The number of esters is 1. The van der Waals surface area contributed by atoms with Crippen molar-refractivity contribution in [1.82, 2.24) is 4.90 Å². The van der Waals surface area contributed by atoms with Crippen LogP contribution in [0.15, 0.2) is 28.7 Å². The molecule has 0 spiro atoms. The number of Topliss-reactive ketones (excluding diaryl/α,β-unsaturated/α-hetero) is 1. The fourth-order valence-corrected chi connectivity index (χ4v) is 2.78. The smallest absolute Gasteiger partial charge is 0.411 e. The van der Waals surface area contributed by atoms with Gasteiger partial charge < -0.3 is 14.6 Å². The number of carbonyl (C=O) groups excluding carboxylic acids is 3. The Morgan fingerprint density at radius 1 is 1.23 bits per heavy atom. The lowest BCUT2D eigenvalue weighted by atomic mass is 10.1. The number of rotatable bonds is 4. The Balaban J connectivity index is 1.97. The number of ketones is 1. The summed E-state index contributed by atoms with van der Waals surface area (Å²) in [7, 11) is 0. The van der Waals surface area contributed by atoms with E-state index >= 15 is 0 Å². The average molecular weight is 428 g/mol. The van der Waals surface area contributed by atoms with Gasteiger partial charge in [-0.1, -0.05) is 28.1 Å². The molecule has 0 radical (unpaired) electrons. The zero-order chi connectivity index (χ0) is 19.5. The molecule has 0 aromatic heterocycles. The van der Waals surface area contributed by atoms with E-state index in [-0.39, 0.29) is 18.7 Å². The molecule has 0 unspecified atom stereocenters. The first-order chi connectivity index (χ1) is 12.1. The normalized spacial score (nSPS) is 20.0. The number of amides is 1. The van der Waals surface area contributed by atoms with Crippen molar-refractivity contribution < 1.29 is 29.0 Å². The van der Waals surface area contributed by atoms with Crippen LogP contribution in [-0.2, 0) is 14.3 Å². The number of hydrogen-bond donors (Lipinski definition) is 1. The van der Waals surface area contributed by atoms with Gasteiger partial charge in [0.25, 0.3) is 0 Å². The number of ether oxygens (including phenoxy) is 2. The van der Waals surface area contributed by atoms with Gasteiger partial charge in [0, 0.05) is 16.5 Å². The van der Waals surface area contributed by atoms with Crippen LogP contribution in [-0.4, -0.2) is 58.8 Å². The number of carbonyl (C=O) groups is 3. The molecule has 26 heavy (non-hydrogen) atoms. The minimum Gasteiger partial charge on any atom is -0.456 e. The molecule has 1 heterocycles. The molecule has 142 valence electrons. The van der Waals surface area contributed by atoms with Crippen molar-refractivity contribution in [2.24, 2.45) is 0 Å². The summed E-state index contributed by atoms with van der Waals surface area (Å²) in [5.74, 6) is -1.09. The molecule has 1 aliphatic heterocycles. The molecule has 1 fully saturated rings. The summed E-state index contributed by atoms with van der Waals surface area (Å²) in [6.07, 6.45) is -1.50. The maximum absolute atomic E-state index is 12.3. The average Bonchev–Trinajstić information content (AvgIpc) is 2.93. The molecule has 1 saturated heterocycles. The number of halogens is 1. The molecule has 1 aliphatic rings. The second-order valence-electron chi connectivity index (χ2n) is 7.08. The van der Waals surface area contributed by atoms with E-state index in [1.54, 1.807) is 45.0 Å². The summed E-state index contributed by atoms with van der Waals surface area (Å²) >= 11 is 3.28. The van der Waals surface area contributed by atoms with Crippen molar-refractivity contribution in [2.75, 3.05) is 13.2 Å². The third-order valence-corrected chi connectivity index (χ3v) is 4.22. The largest absolute Gasteiger partial charge is 0.456 e. The Hall–Kier alpha value is -1.93. The molecule has 1 N–H and O–H groups in total. The molecule has 1 aromatic carbocycles. The summed E-state index contributed by atoms with van der Waals surface area (Å²) in [6, 6.07) is 5.69.